The number of hydrogen-bond acceptors (Lipinski definition) is 3. The molecule has 0 unspecified atom stereocenters. The van der Waals surface area contributed by atoms with E-state index in [1.807, 2.05) is 18.9 Å². The first-order valence-electron chi connectivity index (χ1n) is 6.14. The van der Waals surface area contributed by atoms with E-state index < -0.39 is 0 Å². The van der Waals surface area contributed by atoms with Crippen molar-refractivity contribution in [2.45, 2.75) is 25.6 Å². The van der Waals surface area contributed by atoms with Crippen LogP contribution in [0.2, 0.25) is 0 Å². The van der Waals surface area contributed by atoms with Crippen LogP contribution in [0.1, 0.15) is 19.8 Å². The lowest BCUT2D eigenvalue weighted by atomic mass is 9.80. The molecule has 0 aromatic carbocycles. The normalized spacial score (nSPS) is 41.8. The van der Waals surface area contributed by atoms with E-state index in [0.717, 1.165) is 19.4 Å². The summed E-state index contributed by atoms with van der Waals surface area (Å²) in [6.07, 6.45) is 1.86. The third-order valence-corrected chi connectivity index (χ3v) is 4.46. The number of piperidine rings is 1. The molecule has 1 spiro atoms. The van der Waals surface area contributed by atoms with Crippen molar-refractivity contribution in [2.24, 2.45) is 17.8 Å². The molecule has 1 aliphatic carbocycles. The van der Waals surface area contributed by atoms with Gasteiger partial charge in [-0.3, -0.25) is 4.79 Å². The quantitative estimate of drug-likeness (QED) is 0.614. The monoisotopic (exact) mass is 225 g/mol. The Balaban J connectivity index is 1.81. The van der Waals surface area contributed by atoms with Gasteiger partial charge in [-0.05, 0) is 11.8 Å². The minimum absolute atomic E-state index is 0.121. The van der Waals surface area contributed by atoms with Gasteiger partial charge in [-0.15, -0.1) is 0 Å². The Morgan fingerprint density at radius 3 is 2.69 bits per heavy atom. The molecule has 16 heavy (non-hydrogen) atoms. The largest absolute Gasteiger partial charge is 0.348 e. The summed E-state index contributed by atoms with van der Waals surface area (Å²) in [5, 5.41) is 0. The molecular formula is C12H19NO3. The number of nitrogens with zero attached hydrogens (tertiary/aromatic N) is 1. The Morgan fingerprint density at radius 2 is 2.00 bits per heavy atom. The maximum Gasteiger partial charge on any atom is 0.225 e. The summed E-state index contributed by atoms with van der Waals surface area (Å²) < 4.78 is 11.5. The van der Waals surface area contributed by atoms with Crippen LogP contribution in [0.3, 0.4) is 0 Å². The fraction of sp³-hybridized carbons (Fsp3) is 0.917. The van der Waals surface area contributed by atoms with Crippen molar-refractivity contribution in [2.75, 3.05) is 26.8 Å². The van der Waals surface area contributed by atoms with Crippen LogP contribution in [0.25, 0.3) is 0 Å². The minimum Gasteiger partial charge on any atom is -0.348 e. The molecule has 1 saturated carbocycles. The lowest BCUT2D eigenvalue weighted by molar-refractivity contribution is -0.154. The van der Waals surface area contributed by atoms with Crippen LogP contribution in [-0.4, -0.2) is 43.4 Å². The number of likely N-dealkylation sites (tertiary alicyclic amines) is 1. The van der Waals surface area contributed by atoms with Gasteiger partial charge in [0.1, 0.15) is 0 Å². The van der Waals surface area contributed by atoms with Crippen molar-refractivity contribution in [3.05, 3.63) is 0 Å². The standard InChI is InChI=1S/C12H19NO3/c1-8-10-6-12(15-3-4-16-12)5-9(10)7-13(2)11(8)14/h8-10H,3-7H2,1-2H3/t8-,9+,10-/m0/s1. The molecular weight excluding hydrogens is 206 g/mol. The van der Waals surface area contributed by atoms with Gasteiger partial charge in [0, 0.05) is 32.4 Å². The van der Waals surface area contributed by atoms with E-state index in [9.17, 15) is 4.79 Å². The predicted molar refractivity (Wildman–Crippen MR) is 57.7 cm³/mol. The predicted octanol–water partition coefficient (Wildman–Crippen LogP) is 0.864. The molecule has 3 rings (SSSR count). The van der Waals surface area contributed by atoms with Crippen molar-refractivity contribution in [1.82, 2.24) is 4.90 Å². The molecule has 2 heterocycles. The van der Waals surface area contributed by atoms with E-state index >= 15 is 0 Å². The lowest BCUT2D eigenvalue weighted by Crippen LogP contribution is -2.45. The molecule has 3 atom stereocenters. The van der Waals surface area contributed by atoms with E-state index in [-0.39, 0.29) is 17.6 Å². The Kier molecular flexibility index (Phi) is 2.27. The second-order valence-electron chi connectivity index (χ2n) is 5.45. The topological polar surface area (TPSA) is 38.8 Å². The first-order chi connectivity index (χ1) is 7.61. The molecule has 0 N–H and O–H groups in total. The van der Waals surface area contributed by atoms with Gasteiger partial charge in [-0.2, -0.15) is 0 Å². The van der Waals surface area contributed by atoms with Crippen molar-refractivity contribution in [3.8, 4) is 0 Å². The van der Waals surface area contributed by atoms with Crippen LogP contribution >= 0.6 is 0 Å². The highest BCUT2D eigenvalue weighted by atomic mass is 16.7. The Morgan fingerprint density at radius 1 is 1.31 bits per heavy atom. The highest BCUT2D eigenvalue weighted by molar-refractivity contribution is 5.79. The third-order valence-electron chi connectivity index (χ3n) is 4.46. The van der Waals surface area contributed by atoms with E-state index in [1.165, 1.54) is 0 Å². The molecule has 3 fully saturated rings. The SMILES string of the molecule is C[C@@H]1C(=O)N(C)C[C@H]2CC3(C[C@H]21)OCCO3. The van der Waals surface area contributed by atoms with Crippen LogP contribution < -0.4 is 0 Å². The number of carbonyl (C=O) groups is 1. The Bertz CT molecular complexity index is 311. The van der Waals surface area contributed by atoms with E-state index in [1.54, 1.807) is 0 Å². The summed E-state index contributed by atoms with van der Waals surface area (Å²) in [5.41, 5.74) is 0. The first kappa shape index (κ1) is 10.5. The molecule has 0 aromatic heterocycles. The molecule has 2 saturated heterocycles. The lowest BCUT2D eigenvalue weighted by Gasteiger charge is -2.36. The molecule has 4 nitrogen and oxygen atoms in total. The van der Waals surface area contributed by atoms with Gasteiger partial charge in [0.2, 0.25) is 5.91 Å². The molecule has 4 heteroatoms. The minimum atomic E-state index is -0.352. The zero-order valence-electron chi connectivity index (χ0n) is 9.94. The van der Waals surface area contributed by atoms with Crippen LogP contribution in [0.4, 0.5) is 0 Å². The molecule has 0 radical (unpaired) electrons. The van der Waals surface area contributed by atoms with Gasteiger partial charge < -0.3 is 14.4 Å². The molecule has 0 bridgehead atoms. The van der Waals surface area contributed by atoms with E-state index in [2.05, 4.69) is 0 Å². The van der Waals surface area contributed by atoms with Crippen molar-refractivity contribution >= 4 is 5.91 Å². The fourth-order valence-electron chi connectivity index (χ4n) is 3.65. The van der Waals surface area contributed by atoms with Gasteiger partial charge in [-0.25, -0.2) is 0 Å². The summed E-state index contributed by atoms with van der Waals surface area (Å²) in [6, 6.07) is 0. The average Bonchev–Trinajstić information content (AvgIpc) is 2.84. The maximum atomic E-state index is 11.9. The van der Waals surface area contributed by atoms with Gasteiger partial charge in [0.25, 0.3) is 0 Å². The van der Waals surface area contributed by atoms with Gasteiger partial charge >= 0.3 is 0 Å². The van der Waals surface area contributed by atoms with Crippen LogP contribution in [0.5, 0.6) is 0 Å². The average molecular weight is 225 g/mol. The maximum absolute atomic E-state index is 11.9. The first-order valence-corrected chi connectivity index (χ1v) is 6.14. The number of amides is 1. The summed E-state index contributed by atoms with van der Waals surface area (Å²) in [6.45, 7) is 4.32. The zero-order chi connectivity index (χ0) is 11.3. The van der Waals surface area contributed by atoms with Gasteiger partial charge in [0.05, 0.1) is 13.2 Å². The fourth-order valence-corrected chi connectivity index (χ4v) is 3.65. The van der Waals surface area contributed by atoms with Crippen molar-refractivity contribution in [3.63, 3.8) is 0 Å². The molecule has 90 valence electrons. The number of ether oxygens (including phenoxy) is 2. The smallest absolute Gasteiger partial charge is 0.225 e. The highest BCUT2D eigenvalue weighted by Gasteiger charge is 2.54. The molecule has 0 aromatic rings. The van der Waals surface area contributed by atoms with E-state index in [4.69, 9.17) is 9.47 Å². The van der Waals surface area contributed by atoms with Gasteiger partial charge in [-0.1, -0.05) is 6.92 Å². The highest BCUT2D eigenvalue weighted by Crippen LogP contribution is 2.49. The van der Waals surface area contributed by atoms with Crippen LogP contribution in [0, 0.1) is 17.8 Å². The molecule has 3 aliphatic rings. The van der Waals surface area contributed by atoms with Crippen molar-refractivity contribution < 1.29 is 14.3 Å². The second-order valence-corrected chi connectivity index (χ2v) is 5.45. The third kappa shape index (κ3) is 1.39. The number of rotatable bonds is 0. The van der Waals surface area contributed by atoms with Crippen molar-refractivity contribution in [1.29, 1.82) is 0 Å². The number of fused-ring (bicyclic) bond motifs is 1. The molecule has 2 aliphatic heterocycles. The Labute approximate surface area is 95.9 Å². The zero-order valence-corrected chi connectivity index (χ0v) is 9.94. The second kappa shape index (κ2) is 3.44. The number of carbonyl (C=O) groups excluding carboxylic acids is 1. The van der Waals surface area contributed by atoms with Crippen LogP contribution in [0.15, 0.2) is 0 Å². The van der Waals surface area contributed by atoms with Gasteiger partial charge in [0.15, 0.2) is 5.79 Å². The number of hydrogen-bond donors (Lipinski definition) is 0. The summed E-state index contributed by atoms with van der Waals surface area (Å²) in [7, 11) is 1.90. The summed E-state index contributed by atoms with van der Waals surface area (Å²) in [4.78, 5) is 13.8. The summed E-state index contributed by atoms with van der Waals surface area (Å²) >= 11 is 0. The van der Waals surface area contributed by atoms with E-state index in [0.29, 0.717) is 25.0 Å². The molecule has 1 amide bonds. The summed E-state index contributed by atoms with van der Waals surface area (Å²) in [5.74, 6) is 1.04. The Hall–Kier alpha value is -0.610. The van der Waals surface area contributed by atoms with Crippen LogP contribution in [-0.2, 0) is 14.3 Å².